The monoisotopic (exact) mass is 322 g/mol. The Morgan fingerprint density at radius 1 is 1.26 bits per heavy atom. The van der Waals surface area contributed by atoms with Crippen LogP contribution in [0.1, 0.15) is 13.8 Å². The maximum atomic E-state index is 12.6. The van der Waals surface area contributed by atoms with Gasteiger partial charge in [-0.2, -0.15) is 5.26 Å². The molecule has 2 atom stereocenters. The van der Waals surface area contributed by atoms with Crippen LogP contribution in [0.2, 0.25) is 0 Å². The first-order valence-electron chi connectivity index (χ1n) is 8.17. The highest BCUT2D eigenvalue weighted by atomic mass is 16.5. The molecule has 0 aromatic rings. The lowest BCUT2D eigenvalue weighted by Crippen LogP contribution is -2.49. The van der Waals surface area contributed by atoms with Gasteiger partial charge in [-0.3, -0.25) is 9.69 Å². The van der Waals surface area contributed by atoms with Gasteiger partial charge in [-0.15, -0.1) is 0 Å². The molecule has 2 saturated heterocycles. The molecule has 2 heterocycles. The number of rotatable bonds is 4. The SMILES string of the molecule is CC1CN(C(=O)/C(C#N)=C\N2CCN(CCO)CC2)CC(C)O1. The zero-order chi connectivity index (χ0) is 16.8. The van der Waals surface area contributed by atoms with Crippen molar-refractivity contribution in [3.63, 3.8) is 0 Å². The second kappa shape index (κ2) is 8.29. The maximum Gasteiger partial charge on any atom is 0.266 e. The molecule has 0 bridgehead atoms. The lowest BCUT2D eigenvalue weighted by Gasteiger charge is -2.36. The van der Waals surface area contributed by atoms with Gasteiger partial charge in [0.25, 0.3) is 5.91 Å². The molecule has 0 aromatic heterocycles. The predicted molar refractivity (Wildman–Crippen MR) is 85.4 cm³/mol. The molecule has 0 aromatic carbocycles. The van der Waals surface area contributed by atoms with E-state index in [4.69, 9.17) is 9.84 Å². The first kappa shape index (κ1) is 17.7. The number of morpholine rings is 1. The lowest BCUT2D eigenvalue weighted by atomic mass is 10.2. The average molecular weight is 322 g/mol. The van der Waals surface area contributed by atoms with Gasteiger partial charge in [0, 0.05) is 52.0 Å². The van der Waals surface area contributed by atoms with E-state index in [0.29, 0.717) is 19.6 Å². The summed E-state index contributed by atoms with van der Waals surface area (Å²) in [6.45, 7) is 8.92. The van der Waals surface area contributed by atoms with Crippen LogP contribution in [-0.4, -0.2) is 90.3 Å². The normalized spacial score (nSPS) is 27.0. The van der Waals surface area contributed by atoms with E-state index in [1.807, 2.05) is 24.8 Å². The molecule has 7 heteroatoms. The Balaban J connectivity index is 1.96. The van der Waals surface area contributed by atoms with Gasteiger partial charge in [0.1, 0.15) is 11.6 Å². The molecule has 2 rings (SSSR count). The van der Waals surface area contributed by atoms with Crippen molar-refractivity contribution in [2.75, 3.05) is 52.4 Å². The molecule has 1 N–H and O–H groups in total. The van der Waals surface area contributed by atoms with Crippen molar-refractivity contribution >= 4 is 5.91 Å². The summed E-state index contributed by atoms with van der Waals surface area (Å²) in [6.07, 6.45) is 1.66. The van der Waals surface area contributed by atoms with E-state index in [9.17, 15) is 10.1 Å². The van der Waals surface area contributed by atoms with E-state index < -0.39 is 0 Å². The number of nitrogens with zero attached hydrogens (tertiary/aromatic N) is 4. The Morgan fingerprint density at radius 2 is 1.87 bits per heavy atom. The number of β-amino-alcohol motifs (C(OH)–C–C–N with tert-alkyl or cyclic N) is 1. The molecule has 2 aliphatic rings. The van der Waals surface area contributed by atoms with E-state index >= 15 is 0 Å². The van der Waals surface area contributed by atoms with Crippen molar-refractivity contribution in [3.8, 4) is 6.07 Å². The van der Waals surface area contributed by atoms with Crippen molar-refractivity contribution in [1.29, 1.82) is 5.26 Å². The van der Waals surface area contributed by atoms with Crippen LogP contribution >= 0.6 is 0 Å². The fourth-order valence-electron chi connectivity index (χ4n) is 3.09. The molecule has 2 fully saturated rings. The van der Waals surface area contributed by atoms with E-state index in [-0.39, 0.29) is 30.3 Å². The highest BCUT2D eigenvalue weighted by Gasteiger charge is 2.28. The summed E-state index contributed by atoms with van der Waals surface area (Å²) in [6, 6.07) is 2.05. The van der Waals surface area contributed by atoms with Crippen molar-refractivity contribution < 1.29 is 14.6 Å². The molecule has 2 aliphatic heterocycles. The van der Waals surface area contributed by atoms with Gasteiger partial charge in [0.05, 0.1) is 18.8 Å². The maximum absolute atomic E-state index is 12.6. The Bertz CT molecular complexity index is 470. The topological polar surface area (TPSA) is 80.0 Å². The predicted octanol–water partition coefficient (Wildman–Crippen LogP) is -0.360. The summed E-state index contributed by atoms with van der Waals surface area (Å²) in [7, 11) is 0. The third kappa shape index (κ3) is 4.93. The van der Waals surface area contributed by atoms with Crippen LogP contribution < -0.4 is 0 Å². The Kier molecular flexibility index (Phi) is 6.39. The number of ether oxygens (including phenoxy) is 1. The van der Waals surface area contributed by atoms with Crippen LogP contribution in [0.25, 0.3) is 0 Å². The summed E-state index contributed by atoms with van der Waals surface area (Å²) in [5.41, 5.74) is 0.182. The molecule has 0 saturated carbocycles. The number of carbonyl (C=O) groups excluding carboxylic acids is 1. The summed E-state index contributed by atoms with van der Waals surface area (Å²) < 4.78 is 5.63. The number of nitriles is 1. The number of hydrogen-bond acceptors (Lipinski definition) is 6. The second-order valence-corrected chi connectivity index (χ2v) is 6.22. The summed E-state index contributed by atoms with van der Waals surface area (Å²) in [5, 5.41) is 18.3. The Morgan fingerprint density at radius 3 is 2.39 bits per heavy atom. The van der Waals surface area contributed by atoms with E-state index in [0.717, 1.165) is 26.2 Å². The number of piperazine rings is 1. The lowest BCUT2D eigenvalue weighted by molar-refractivity contribution is -0.138. The van der Waals surface area contributed by atoms with Gasteiger partial charge in [0.2, 0.25) is 0 Å². The number of aliphatic hydroxyl groups is 1. The first-order valence-corrected chi connectivity index (χ1v) is 8.17. The van der Waals surface area contributed by atoms with Crippen LogP contribution in [-0.2, 0) is 9.53 Å². The van der Waals surface area contributed by atoms with Crippen molar-refractivity contribution in [1.82, 2.24) is 14.7 Å². The molecule has 0 aliphatic carbocycles. The minimum absolute atomic E-state index is 0.00957. The minimum Gasteiger partial charge on any atom is -0.395 e. The van der Waals surface area contributed by atoms with Gasteiger partial charge in [-0.25, -0.2) is 0 Å². The molecular weight excluding hydrogens is 296 g/mol. The number of hydrogen-bond donors (Lipinski definition) is 1. The number of amides is 1. The van der Waals surface area contributed by atoms with Crippen LogP contribution in [0, 0.1) is 11.3 Å². The van der Waals surface area contributed by atoms with E-state index in [1.54, 1.807) is 11.1 Å². The third-order valence-electron chi connectivity index (χ3n) is 4.19. The van der Waals surface area contributed by atoms with Crippen LogP contribution in [0.3, 0.4) is 0 Å². The summed E-state index contributed by atoms with van der Waals surface area (Å²) >= 11 is 0. The van der Waals surface area contributed by atoms with E-state index in [2.05, 4.69) is 4.90 Å². The zero-order valence-corrected chi connectivity index (χ0v) is 13.9. The smallest absolute Gasteiger partial charge is 0.266 e. The quantitative estimate of drug-likeness (QED) is 0.562. The number of aliphatic hydroxyl groups excluding tert-OH is 1. The molecular formula is C16H26N4O3. The van der Waals surface area contributed by atoms with Crippen molar-refractivity contribution in [2.24, 2.45) is 0 Å². The summed E-state index contributed by atoms with van der Waals surface area (Å²) in [5.74, 6) is -0.215. The van der Waals surface area contributed by atoms with Gasteiger partial charge in [-0.1, -0.05) is 0 Å². The summed E-state index contributed by atoms with van der Waals surface area (Å²) in [4.78, 5) is 18.5. The highest BCUT2D eigenvalue weighted by Crippen LogP contribution is 2.14. The molecule has 0 spiro atoms. The largest absolute Gasteiger partial charge is 0.395 e. The first-order chi connectivity index (χ1) is 11.0. The molecule has 23 heavy (non-hydrogen) atoms. The standard InChI is InChI=1S/C16H26N4O3/c1-13-10-20(11-14(2)23-13)16(22)15(9-17)12-19-5-3-18(4-6-19)7-8-21/h12-14,21H,3-8,10-11H2,1-2H3/b15-12-. The van der Waals surface area contributed by atoms with Crippen molar-refractivity contribution in [2.45, 2.75) is 26.1 Å². The molecule has 0 radical (unpaired) electrons. The van der Waals surface area contributed by atoms with Crippen LogP contribution in [0.5, 0.6) is 0 Å². The van der Waals surface area contributed by atoms with Crippen LogP contribution in [0.15, 0.2) is 11.8 Å². The third-order valence-corrected chi connectivity index (χ3v) is 4.19. The minimum atomic E-state index is -0.215. The van der Waals surface area contributed by atoms with Gasteiger partial charge in [-0.05, 0) is 13.8 Å². The molecule has 1 amide bonds. The molecule has 128 valence electrons. The Hall–Kier alpha value is -1.62. The van der Waals surface area contributed by atoms with Gasteiger partial charge in [0.15, 0.2) is 0 Å². The Labute approximate surface area is 137 Å². The van der Waals surface area contributed by atoms with Gasteiger partial charge >= 0.3 is 0 Å². The highest BCUT2D eigenvalue weighted by molar-refractivity contribution is 5.97. The zero-order valence-electron chi connectivity index (χ0n) is 13.9. The van der Waals surface area contributed by atoms with Gasteiger partial charge < -0.3 is 19.6 Å². The second-order valence-electron chi connectivity index (χ2n) is 6.22. The van der Waals surface area contributed by atoms with E-state index in [1.165, 1.54) is 0 Å². The fraction of sp³-hybridized carbons (Fsp3) is 0.750. The number of carbonyl (C=O) groups is 1. The fourth-order valence-corrected chi connectivity index (χ4v) is 3.09. The van der Waals surface area contributed by atoms with Crippen molar-refractivity contribution in [3.05, 3.63) is 11.8 Å². The molecule has 7 nitrogen and oxygen atoms in total. The molecule has 2 unspecified atom stereocenters. The average Bonchev–Trinajstić information content (AvgIpc) is 2.53. The van der Waals surface area contributed by atoms with Crippen LogP contribution in [0.4, 0.5) is 0 Å².